The van der Waals surface area contributed by atoms with Crippen LogP contribution in [0.3, 0.4) is 0 Å². The molecule has 0 amide bonds. The van der Waals surface area contributed by atoms with Gasteiger partial charge >= 0.3 is 0 Å². The van der Waals surface area contributed by atoms with Crippen LogP contribution in [0.2, 0.25) is 0 Å². The maximum Gasteiger partial charge on any atom is 0.135 e. The van der Waals surface area contributed by atoms with Crippen molar-refractivity contribution in [1.82, 2.24) is 0 Å². The Kier molecular flexibility index (Phi) is 8.39. The van der Waals surface area contributed by atoms with E-state index in [1.165, 1.54) is 58.8 Å². The summed E-state index contributed by atoms with van der Waals surface area (Å²) in [6.07, 6.45) is 0. The van der Waals surface area contributed by atoms with E-state index >= 15 is 0 Å². The second kappa shape index (κ2) is 14.5. The second-order valence-corrected chi connectivity index (χ2v) is 16.7. The van der Waals surface area contributed by atoms with Gasteiger partial charge < -0.3 is 9.32 Å². The van der Waals surface area contributed by atoms with Gasteiger partial charge in [0, 0.05) is 47.9 Å². The molecule has 286 valence electrons. The number of hydrogen-bond acceptors (Lipinski definition) is 3. The Hall–Kier alpha value is -7.72. The van der Waals surface area contributed by atoms with Gasteiger partial charge in [0.2, 0.25) is 0 Å². The van der Waals surface area contributed by atoms with Crippen molar-refractivity contribution in [2.24, 2.45) is 0 Å². The van der Waals surface area contributed by atoms with Gasteiger partial charge in [0.1, 0.15) is 11.2 Å². The minimum Gasteiger partial charge on any atom is -0.456 e. The minimum atomic E-state index is 0.902. The molecule has 0 N–H and O–H groups in total. The van der Waals surface area contributed by atoms with E-state index in [0.29, 0.717) is 0 Å². The lowest BCUT2D eigenvalue weighted by Gasteiger charge is -2.29. The number of thiophene rings is 1. The summed E-state index contributed by atoms with van der Waals surface area (Å²) in [6, 6.07) is 81.3. The summed E-state index contributed by atoms with van der Waals surface area (Å²) in [5, 5.41) is 7.32. The molecule has 0 radical (unpaired) electrons. The fourth-order valence-corrected chi connectivity index (χ4v) is 10.5. The molecule has 0 atom stereocenters. The summed E-state index contributed by atoms with van der Waals surface area (Å²) in [7, 11) is 0. The molecule has 2 heterocycles. The Bertz CT molecular complexity index is 3590. The minimum absolute atomic E-state index is 0.902. The van der Waals surface area contributed by atoms with Crippen LogP contribution in [0.15, 0.2) is 229 Å². The Balaban J connectivity index is 1.05. The van der Waals surface area contributed by atoms with Gasteiger partial charge in [-0.05, 0) is 104 Å². The zero-order chi connectivity index (χ0) is 40.3. The molecule has 0 fully saturated rings. The molecule has 0 aliphatic carbocycles. The highest BCUT2D eigenvalue weighted by atomic mass is 32.1. The summed E-state index contributed by atoms with van der Waals surface area (Å²) in [4.78, 5) is 2.43. The van der Waals surface area contributed by atoms with Crippen molar-refractivity contribution in [2.75, 3.05) is 4.90 Å². The largest absolute Gasteiger partial charge is 0.456 e. The van der Waals surface area contributed by atoms with E-state index in [4.69, 9.17) is 4.42 Å². The zero-order valence-electron chi connectivity index (χ0n) is 33.1. The fourth-order valence-electron chi connectivity index (χ4n) is 9.24. The van der Waals surface area contributed by atoms with Gasteiger partial charge in [-0.25, -0.2) is 0 Å². The van der Waals surface area contributed by atoms with Gasteiger partial charge in [-0.15, -0.1) is 11.3 Å². The molecular weight excluding hydrogens is 759 g/mol. The highest BCUT2D eigenvalue weighted by molar-refractivity contribution is 7.26. The van der Waals surface area contributed by atoms with E-state index in [1.807, 2.05) is 23.5 Å². The molecule has 10 aromatic carbocycles. The molecule has 61 heavy (non-hydrogen) atoms. The number of anilines is 3. The average Bonchev–Trinajstić information content (AvgIpc) is 3.90. The normalized spacial score (nSPS) is 11.6. The van der Waals surface area contributed by atoms with E-state index in [9.17, 15) is 0 Å². The third kappa shape index (κ3) is 6.01. The third-order valence-electron chi connectivity index (χ3n) is 12.1. The monoisotopic (exact) mass is 795 g/mol. The van der Waals surface area contributed by atoms with Crippen LogP contribution >= 0.6 is 11.3 Å². The third-order valence-corrected chi connectivity index (χ3v) is 13.3. The van der Waals surface area contributed by atoms with Gasteiger partial charge in [-0.1, -0.05) is 170 Å². The summed E-state index contributed by atoms with van der Waals surface area (Å²) in [6.45, 7) is 0. The van der Waals surface area contributed by atoms with Gasteiger partial charge in [-0.3, -0.25) is 0 Å². The maximum atomic E-state index is 6.17. The molecule has 0 spiro atoms. The molecule has 0 unspecified atom stereocenters. The first-order chi connectivity index (χ1) is 30.2. The number of rotatable bonds is 7. The van der Waals surface area contributed by atoms with Crippen molar-refractivity contribution in [2.45, 2.75) is 0 Å². The summed E-state index contributed by atoms with van der Waals surface area (Å²) < 4.78 is 8.79. The lowest BCUT2D eigenvalue weighted by atomic mass is 9.90. The predicted molar refractivity (Wildman–Crippen MR) is 261 cm³/mol. The highest BCUT2D eigenvalue weighted by Gasteiger charge is 2.21. The quantitative estimate of drug-likeness (QED) is 0.160. The Labute approximate surface area is 357 Å². The Morgan fingerprint density at radius 3 is 1.87 bits per heavy atom. The molecule has 2 nitrogen and oxygen atoms in total. The number of benzene rings is 10. The molecule has 0 aliphatic heterocycles. The Morgan fingerprint density at radius 2 is 0.984 bits per heavy atom. The first kappa shape index (κ1) is 35.2. The molecule has 0 saturated carbocycles. The maximum absolute atomic E-state index is 6.17. The molecule has 3 heteroatoms. The van der Waals surface area contributed by atoms with Crippen LogP contribution in [0, 0.1) is 0 Å². The summed E-state index contributed by atoms with van der Waals surface area (Å²) in [5.41, 5.74) is 14.6. The van der Waals surface area contributed by atoms with Crippen molar-refractivity contribution in [3.8, 4) is 44.5 Å². The number of furan rings is 1. The van der Waals surface area contributed by atoms with Crippen LogP contribution in [-0.2, 0) is 0 Å². The zero-order valence-corrected chi connectivity index (χ0v) is 33.9. The van der Waals surface area contributed by atoms with Crippen LogP contribution < -0.4 is 4.90 Å². The summed E-state index contributed by atoms with van der Waals surface area (Å²) >= 11 is 1.87. The van der Waals surface area contributed by atoms with Crippen LogP contribution in [0.25, 0.3) is 97.4 Å². The number of fused-ring (bicyclic) bond motifs is 7. The fraction of sp³-hybridized carbons (Fsp3) is 0. The van der Waals surface area contributed by atoms with E-state index in [2.05, 4.69) is 217 Å². The first-order valence-electron chi connectivity index (χ1n) is 20.7. The van der Waals surface area contributed by atoms with Crippen LogP contribution in [-0.4, -0.2) is 0 Å². The van der Waals surface area contributed by atoms with E-state index in [-0.39, 0.29) is 0 Å². The molecular formula is C58H37NOS. The van der Waals surface area contributed by atoms with Crippen molar-refractivity contribution in [3.63, 3.8) is 0 Å². The predicted octanol–water partition coefficient (Wildman–Crippen LogP) is 17.2. The van der Waals surface area contributed by atoms with Crippen molar-refractivity contribution < 1.29 is 4.42 Å². The first-order valence-corrected chi connectivity index (χ1v) is 21.6. The van der Waals surface area contributed by atoms with Gasteiger partial charge in [0.15, 0.2) is 0 Å². The van der Waals surface area contributed by atoms with Gasteiger partial charge in [0.05, 0.1) is 5.69 Å². The number of para-hydroxylation sites is 2. The lowest BCUT2D eigenvalue weighted by Crippen LogP contribution is -2.11. The molecule has 12 aromatic rings. The molecule has 0 aliphatic rings. The molecule has 12 rings (SSSR count). The Morgan fingerprint density at radius 1 is 0.344 bits per heavy atom. The van der Waals surface area contributed by atoms with Gasteiger partial charge in [0.25, 0.3) is 0 Å². The molecule has 0 bridgehead atoms. The molecule has 2 aromatic heterocycles. The van der Waals surface area contributed by atoms with Crippen LogP contribution in [0.1, 0.15) is 0 Å². The number of nitrogens with zero attached hydrogens (tertiary/aromatic N) is 1. The lowest BCUT2D eigenvalue weighted by molar-refractivity contribution is 0.669. The van der Waals surface area contributed by atoms with Crippen molar-refractivity contribution >= 4 is 81.3 Å². The van der Waals surface area contributed by atoms with Crippen LogP contribution in [0.5, 0.6) is 0 Å². The smallest absolute Gasteiger partial charge is 0.135 e. The van der Waals surface area contributed by atoms with E-state index in [1.54, 1.807) is 0 Å². The average molecular weight is 796 g/mol. The SMILES string of the molecule is c1ccc(-c2cccc3cccc(-c4ccccc4N(c4ccc(-c5ccc6oc7ccccc7c6c5)cc4)c4cccc(-c5cccc6c5sc5ccccc56)c4)c23)cc1. The summed E-state index contributed by atoms with van der Waals surface area (Å²) in [5.74, 6) is 0. The van der Waals surface area contributed by atoms with Crippen molar-refractivity contribution in [1.29, 1.82) is 0 Å². The van der Waals surface area contributed by atoms with Gasteiger partial charge in [-0.2, -0.15) is 0 Å². The number of hydrogen-bond donors (Lipinski definition) is 0. The molecule has 0 saturated heterocycles. The van der Waals surface area contributed by atoms with Crippen molar-refractivity contribution in [3.05, 3.63) is 224 Å². The van der Waals surface area contributed by atoms with Crippen LogP contribution in [0.4, 0.5) is 17.1 Å². The highest BCUT2D eigenvalue weighted by Crippen LogP contribution is 2.47. The second-order valence-electron chi connectivity index (χ2n) is 15.6. The van der Waals surface area contributed by atoms with E-state index in [0.717, 1.165) is 55.7 Å². The standard InChI is InChI=1S/C58H37NOS/c1-2-14-39(15-3-1)45-23-11-16-40-17-12-25-50(57(40)45)47-20-4-7-27-53(47)59(43-33-30-38(31-34-43)41-32-35-55-52(37-41)48-21-5-8-28-54(48)60-55)44-19-10-18-42(36-44)46-24-13-26-51-49-22-6-9-29-56(49)61-58(46)51/h1-37H. The van der Waals surface area contributed by atoms with E-state index < -0.39 is 0 Å². The topological polar surface area (TPSA) is 16.4 Å².